The number of carbonyl (C=O) groups excluding carboxylic acids is 1. The number of amides is 1. The molecule has 8 heteroatoms. The summed E-state index contributed by atoms with van der Waals surface area (Å²) in [7, 11) is 0. The summed E-state index contributed by atoms with van der Waals surface area (Å²) in [6.07, 6.45) is -3.69. The number of alkyl halides is 3. The van der Waals surface area contributed by atoms with Crippen molar-refractivity contribution in [2.75, 3.05) is 5.32 Å². The van der Waals surface area contributed by atoms with E-state index in [4.69, 9.17) is 5.73 Å². The number of thiazole rings is 1. The van der Waals surface area contributed by atoms with Gasteiger partial charge in [-0.1, -0.05) is 6.92 Å². The SMILES string of the molecule is CCc1nc(CC(=O)Nc2cc(CN)cc(C(F)(F)F)c2)cs1. The van der Waals surface area contributed by atoms with E-state index in [1.807, 2.05) is 6.92 Å². The molecule has 0 fully saturated rings. The zero-order valence-electron chi connectivity index (χ0n) is 12.4. The van der Waals surface area contributed by atoms with Gasteiger partial charge in [0.05, 0.1) is 22.7 Å². The number of nitrogens with one attached hydrogen (secondary N) is 1. The van der Waals surface area contributed by atoms with E-state index in [0.29, 0.717) is 11.3 Å². The average molecular weight is 343 g/mol. The lowest BCUT2D eigenvalue weighted by Crippen LogP contribution is -2.16. The topological polar surface area (TPSA) is 68.0 Å². The minimum atomic E-state index is -4.49. The van der Waals surface area contributed by atoms with Crippen LogP contribution in [0, 0.1) is 0 Å². The third-order valence-electron chi connectivity index (χ3n) is 3.08. The molecule has 1 heterocycles. The molecule has 0 aliphatic heterocycles. The van der Waals surface area contributed by atoms with Crippen molar-refractivity contribution >= 4 is 22.9 Å². The lowest BCUT2D eigenvalue weighted by molar-refractivity contribution is -0.137. The second-order valence-corrected chi connectivity index (χ2v) is 5.87. The number of benzene rings is 1. The van der Waals surface area contributed by atoms with E-state index in [9.17, 15) is 18.0 Å². The second kappa shape index (κ2) is 7.10. The van der Waals surface area contributed by atoms with Gasteiger partial charge in [0.25, 0.3) is 0 Å². The molecule has 0 saturated carbocycles. The lowest BCUT2D eigenvalue weighted by Gasteiger charge is -2.12. The Bertz CT molecular complexity index is 698. The molecule has 0 unspecified atom stereocenters. The van der Waals surface area contributed by atoms with Crippen LogP contribution >= 0.6 is 11.3 Å². The predicted octanol–water partition coefficient (Wildman–Crippen LogP) is 3.36. The van der Waals surface area contributed by atoms with Crippen molar-refractivity contribution in [3.63, 3.8) is 0 Å². The maximum absolute atomic E-state index is 12.8. The Morgan fingerprint density at radius 2 is 2.09 bits per heavy atom. The molecule has 1 amide bonds. The van der Waals surface area contributed by atoms with E-state index < -0.39 is 17.6 Å². The van der Waals surface area contributed by atoms with E-state index in [1.54, 1.807) is 5.38 Å². The van der Waals surface area contributed by atoms with Crippen LogP contribution in [0.5, 0.6) is 0 Å². The molecule has 3 N–H and O–H groups in total. The summed E-state index contributed by atoms with van der Waals surface area (Å²) in [6.45, 7) is 1.92. The number of aryl methyl sites for hydroxylation is 1. The third-order valence-corrected chi connectivity index (χ3v) is 4.12. The summed E-state index contributed by atoms with van der Waals surface area (Å²) >= 11 is 1.45. The molecule has 1 aromatic carbocycles. The van der Waals surface area contributed by atoms with Crippen molar-refractivity contribution < 1.29 is 18.0 Å². The second-order valence-electron chi connectivity index (χ2n) is 4.93. The molecule has 4 nitrogen and oxygen atoms in total. The van der Waals surface area contributed by atoms with Crippen LogP contribution in [0.3, 0.4) is 0 Å². The highest BCUT2D eigenvalue weighted by atomic mass is 32.1. The minimum Gasteiger partial charge on any atom is -0.326 e. The number of rotatable bonds is 5. The van der Waals surface area contributed by atoms with Gasteiger partial charge in [0.2, 0.25) is 5.91 Å². The smallest absolute Gasteiger partial charge is 0.326 e. The van der Waals surface area contributed by atoms with Crippen LogP contribution in [0.15, 0.2) is 23.6 Å². The van der Waals surface area contributed by atoms with Crippen molar-refractivity contribution in [1.82, 2.24) is 4.98 Å². The van der Waals surface area contributed by atoms with Crippen LogP contribution in [0.1, 0.15) is 28.8 Å². The average Bonchev–Trinajstić information content (AvgIpc) is 2.93. The molecule has 0 atom stereocenters. The number of aromatic nitrogens is 1. The highest BCUT2D eigenvalue weighted by Crippen LogP contribution is 2.32. The number of nitrogens with two attached hydrogens (primary N) is 1. The maximum atomic E-state index is 12.8. The molecule has 124 valence electrons. The van der Waals surface area contributed by atoms with Crippen LogP contribution in [0.4, 0.5) is 18.9 Å². The highest BCUT2D eigenvalue weighted by Gasteiger charge is 2.31. The zero-order chi connectivity index (χ0) is 17.0. The first kappa shape index (κ1) is 17.4. The Balaban J connectivity index is 2.13. The van der Waals surface area contributed by atoms with Gasteiger partial charge in [-0.25, -0.2) is 4.98 Å². The first-order chi connectivity index (χ1) is 10.8. The van der Waals surface area contributed by atoms with Gasteiger partial charge in [-0.05, 0) is 30.2 Å². The number of hydrogen-bond donors (Lipinski definition) is 2. The summed E-state index contributed by atoms with van der Waals surface area (Å²) in [4.78, 5) is 16.2. The number of carbonyl (C=O) groups is 1. The van der Waals surface area contributed by atoms with Gasteiger partial charge in [0.1, 0.15) is 0 Å². The van der Waals surface area contributed by atoms with Crippen LogP contribution in [-0.4, -0.2) is 10.9 Å². The van der Waals surface area contributed by atoms with E-state index in [2.05, 4.69) is 10.3 Å². The number of hydrogen-bond acceptors (Lipinski definition) is 4. The van der Waals surface area contributed by atoms with Crippen molar-refractivity contribution in [2.24, 2.45) is 5.73 Å². The van der Waals surface area contributed by atoms with Gasteiger partial charge in [-0.3, -0.25) is 4.79 Å². The van der Waals surface area contributed by atoms with Crippen molar-refractivity contribution in [1.29, 1.82) is 0 Å². The molecule has 0 aliphatic rings. The van der Waals surface area contributed by atoms with Crippen molar-refractivity contribution in [3.05, 3.63) is 45.4 Å². The molecule has 0 aliphatic carbocycles. The first-order valence-corrected chi connectivity index (χ1v) is 7.84. The fourth-order valence-corrected chi connectivity index (χ4v) is 2.75. The Morgan fingerprint density at radius 1 is 1.35 bits per heavy atom. The van der Waals surface area contributed by atoms with Gasteiger partial charge in [0.15, 0.2) is 0 Å². The molecular formula is C15H16F3N3OS. The quantitative estimate of drug-likeness (QED) is 0.875. The number of nitrogens with zero attached hydrogens (tertiary/aromatic N) is 1. The van der Waals surface area contributed by atoms with Crippen LogP contribution in [-0.2, 0) is 30.4 Å². The summed E-state index contributed by atoms with van der Waals surface area (Å²) in [5.41, 5.74) is 5.57. The molecule has 0 saturated heterocycles. The van der Waals surface area contributed by atoms with Crippen molar-refractivity contribution in [3.8, 4) is 0 Å². The van der Waals surface area contributed by atoms with Crippen LogP contribution in [0.25, 0.3) is 0 Å². The maximum Gasteiger partial charge on any atom is 0.416 e. The first-order valence-electron chi connectivity index (χ1n) is 6.96. The lowest BCUT2D eigenvalue weighted by atomic mass is 10.1. The molecular weight excluding hydrogens is 327 g/mol. The highest BCUT2D eigenvalue weighted by molar-refractivity contribution is 7.09. The van der Waals surface area contributed by atoms with Gasteiger partial charge in [-0.2, -0.15) is 13.2 Å². The fraction of sp³-hybridized carbons (Fsp3) is 0.333. The van der Waals surface area contributed by atoms with Gasteiger partial charge in [-0.15, -0.1) is 11.3 Å². The van der Waals surface area contributed by atoms with E-state index >= 15 is 0 Å². The summed E-state index contributed by atoms with van der Waals surface area (Å²) in [5, 5.41) is 5.16. The monoisotopic (exact) mass is 343 g/mol. The number of halogens is 3. The van der Waals surface area contributed by atoms with E-state index in [-0.39, 0.29) is 18.7 Å². The van der Waals surface area contributed by atoms with E-state index in [1.165, 1.54) is 17.4 Å². The molecule has 1 aromatic heterocycles. The standard InChI is InChI=1S/C15H16F3N3OS/c1-2-14-21-12(8-23-14)6-13(22)20-11-4-9(7-19)3-10(5-11)15(16,17)18/h3-5,8H,2,6-7,19H2,1H3,(H,20,22). The van der Waals surface area contributed by atoms with Gasteiger partial charge < -0.3 is 11.1 Å². The number of anilines is 1. The Hall–Kier alpha value is -1.93. The molecule has 0 bridgehead atoms. The Morgan fingerprint density at radius 3 is 2.65 bits per heavy atom. The van der Waals surface area contributed by atoms with Gasteiger partial charge in [0, 0.05) is 17.6 Å². The van der Waals surface area contributed by atoms with E-state index in [0.717, 1.165) is 23.6 Å². The summed E-state index contributed by atoms with van der Waals surface area (Å²) < 4.78 is 38.5. The van der Waals surface area contributed by atoms with Crippen LogP contribution in [0.2, 0.25) is 0 Å². The minimum absolute atomic E-state index is 0.0186. The largest absolute Gasteiger partial charge is 0.416 e. The zero-order valence-corrected chi connectivity index (χ0v) is 13.2. The molecule has 2 rings (SSSR count). The predicted molar refractivity (Wildman–Crippen MR) is 83.2 cm³/mol. The Labute approximate surface area is 135 Å². The molecule has 0 spiro atoms. The molecule has 2 aromatic rings. The fourth-order valence-electron chi connectivity index (χ4n) is 2.01. The third kappa shape index (κ3) is 4.77. The van der Waals surface area contributed by atoms with Gasteiger partial charge >= 0.3 is 6.18 Å². The Kier molecular flexibility index (Phi) is 5.38. The molecule has 0 radical (unpaired) electrons. The molecule has 23 heavy (non-hydrogen) atoms. The van der Waals surface area contributed by atoms with Crippen LogP contribution < -0.4 is 11.1 Å². The summed E-state index contributed by atoms with van der Waals surface area (Å²) in [5.74, 6) is -0.416. The summed E-state index contributed by atoms with van der Waals surface area (Å²) in [6, 6.07) is 3.31. The normalized spacial score (nSPS) is 11.5. The van der Waals surface area contributed by atoms with Crippen molar-refractivity contribution in [2.45, 2.75) is 32.5 Å².